The van der Waals surface area contributed by atoms with E-state index in [-0.39, 0.29) is 23.0 Å². The van der Waals surface area contributed by atoms with E-state index in [2.05, 4.69) is 10.3 Å². The molecule has 1 fully saturated rings. The van der Waals surface area contributed by atoms with Crippen LogP contribution in [0.4, 0.5) is 9.93 Å². The number of anilines is 1. The van der Waals surface area contributed by atoms with Gasteiger partial charge in [0, 0.05) is 27.2 Å². The minimum atomic E-state index is -0.638. The Labute approximate surface area is 220 Å². The quantitative estimate of drug-likeness (QED) is 0.523. The first-order valence-corrected chi connectivity index (χ1v) is 13.2. The smallest absolute Gasteiger partial charge is 0.410 e. The van der Waals surface area contributed by atoms with Gasteiger partial charge in [-0.2, -0.15) is 0 Å². The summed E-state index contributed by atoms with van der Waals surface area (Å²) in [6.45, 7) is 8.33. The SMILES string of the molecule is C[C@H](c1nc2sc(N3CCCC3C(=O)NCc3ccccc3)nc2c(=O)n1C)N(C)C(=O)OC(C)(C)C. The van der Waals surface area contributed by atoms with Crippen molar-refractivity contribution < 1.29 is 14.3 Å². The first-order valence-electron chi connectivity index (χ1n) is 12.4. The highest BCUT2D eigenvalue weighted by molar-refractivity contribution is 7.21. The standard InChI is InChI=1S/C26H34N6O4S/c1-16(30(5)25(35)36-26(2,3)4)20-29-22-19(23(34)31(20)6)28-24(37-22)32-14-10-13-18(32)21(33)27-15-17-11-8-7-9-12-17/h7-9,11-12,16,18H,10,13-15H2,1-6H3,(H,27,33)/t16-,18?/m1/s1. The lowest BCUT2D eigenvalue weighted by Gasteiger charge is -2.28. The number of hydrogen-bond acceptors (Lipinski definition) is 8. The van der Waals surface area contributed by atoms with Gasteiger partial charge in [0.25, 0.3) is 5.56 Å². The van der Waals surface area contributed by atoms with E-state index in [0.717, 1.165) is 12.0 Å². The molecule has 1 unspecified atom stereocenters. The number of carbonyl (C=O) groups excluding carboxylic acids is 2. The van der Waals surface area contributed by atoms with Crippen molar-refractivity contribution in [2.24, 2.45) is 7.05 Å². The lowest BCUT2D eigenvalue weighted by molar-refractivity contribution is -0.122. The summed E-state index contributed by atoms with van der Waals surface area (Å²) in [5.74, 6) is 0.370. The van der Waals surface area contributed by atoms with Crippen LogP contribution in [0.3, 0.4) is 0 Å². The highest BCUT2D eigenvalue weighted by Gasteiger charge is 2.34. The monoisotopic (exact) mass is 526 g/mol. The molecule has 1 aromatic carbocycles. The van der Waals surface area contributed by atoms with E-state index in [1.165, 1.54) is 20.8 Å². The summed E-state index contributed by atoms with van der Waals surface area (Å²) in [4.78, 5) is 52.0. The number of amides is 2. The molecule has 37 heavy (non-hydrogen) atoms. The van der Waals surface area contributed by atoms with E-state index in [1.807, 2.05) is 35.2 Å². The summed E-state index contributed by atoms with van der Waals surface area (Å²) in [7, 11) is 3.24. The zero-order valence-corrected chi connectivity index (χ0v) is 23.0. The molecule has 2 atom stereocenters. The third kappa shape index (κ3) is 5.76. The zero-order chi connectivity index (χ0) is 26.9. The molecule has 10 nitrogen and oxygen atoms in total. The Hall–Kier alpha value is -3.47. The van der Waals surface area contributed by atoms with Crippen molar-refractivity contribution in [1.82, 2.24) is 24.8 Å². The molecule has 4 rings (SSSR count). The molecule has 0 spiro atoms. The molecule has 1 aliphatic heterocycles. The molecule has 2 aromatic heterocycles. The van der Waals surface area contributed by atoms with Crippen LogP contribution in [-0.4, -0.2) is 56.7 Å². The number of carbonyl (C=O) groups is 2. The number of benzene rings is 1. The first kappa shape index (κ1) is 26.6. The minimum absolute atomic E-state index is 0.0604. The van der Waals surface area contributed by atoms with Gasteiger partial charge >= 0.3 is 6.09 Å². The zero-order valence-electron chi connectivity index (χ0n) is 22.1. The summed E-state index contributed by atoms with van der Waals surface area (Å²) < 4.78 is 6.89. The van der Waals surface area contributed by atoms with Gasteiger partial charge < -0.3 is 19.9 Å². The van der Waals surface area contributed by atoms with Crippen molar-refractivity contribution in [3.63, 3.8) is 0 Å². The maximum absolute atomic E-state index is 13.2. The average molecular weight is 527 g/mol. The van der Waals surface area contributed by atoms with E-state index in [9.17, 15) is 14.4 Å². The van der Waals surface area contributed by atoms with Crippen molar-refractivity contribution >= 4 is 38.8 Å². The number of nitrogens with one attached hydrogen (secondary N) is 1. The predicted octanol–water partition coefficient (Wildman–Crippen LogP) is 3.60. The molecule has 1 aliphatic rings. The number of aromatic nitrogens is 3. The summed E-state index contributed by atoms with van der Waals surface area (Å²) in [6, 6.07) is 8.91. The van der Waals surface area contributed by atoms with Gasteiger partial charge in [-0.15, -0.1) is 0 Å². The first-order chi connectivity index (χ1) is 17.5. The van der Waals surface area contributed by atoms with E-state index < -0.39 is 17.7 Å². The maximum atomic E-state index is 13.2. The van der Waals surface area contributed by atoms with E-state index in [1.54, 1.807) is 41.8 Å². The van der Waals surface area contributed by atoms with Crippen LogP contribution in [-0.2, 0) is 23.1 Å². The van der Waals surface area contributed by atoms with Crippen LogP contribution in [0.25, 0.3) is 10.3 Å². The van der Waals surface area contributed by atoms with Gasteiger partial charge in [-0.05, 0) is 46.1 Å². The second kappa shape index (κ2) is 10.5. The fourth-order valence-electron chi connectivity index (χ4n) is 4.29. The Bertz CT molecular complexity index is 1350. The van der Waals surface area contributed by atoms with Gasteiger partial charge in [0.05, 0.1) is 6.04 Å². The number of hydrogen-bond donors (Lipinski definition) is 1. The van der Waals surface area contributed by atoms with Crippen LogP contribution in [0.5, 0.6) is 0 Å². The van der Waals surface area contributed by atoms with Gasteiger partial charge in [0.15, 0.2) is 15.5 Å². The molecule has 11 heteroatoms. The Morgan fingerprint density at radius 2 is 1.95 bits per heavy atom. The van der Waals surface area contributed by atoms with E-state index in [4.69, 9.17) is 9.72 Å². The molecule has 3 heterocycles. The normalized spacial score (nSPS) is 16.6. The van der Waals surface area contributed by atoms with Gasteiger partial charge in [-0.1, -0.05) is 41.7 Å². The summed E-state index contributed by atoms with van der Waals surface area (Å²) in [5.41, 5.74) is 0.358. The molecule has 198 valence electrons. The molecule has 2 amide bonds. The third-order valence-corrected chi connectivity index (χ3v) is 7.40. The number of fused-ring (bicyclic) bond motifs is 1. The van der Waals surface area contributed by atoms with Crippen molar-refractivity contribution in [2.45, 2.75) is 64.8 Å². The van der Waals surface area contributed by atoms with Crippen LogP contribution in [0.1, 0.15) is 58.0 Å². The number of thiazole rings is 1. The lowest BCUT2D eigenvalue weighted by Crippen LogP contribution is -2.43. The molecule has 1 saturated heterocycles. The largest absolute Gasteiger partial charge is 0.444 e. The predicted molar refractivity (Wildman–Crippen MR) is 144 cm³/mol. The minimum Gasteiger partial charge on any atom is -0.444 e. The van der Waals surface area contributed by atoms with Crippen LogP contribution in [0.2, 0.25) is 0 Å². The van der Waals surface area contributed by atoms with Gasteiger partial charge in [0.1, 0.15) is 17.5 Å². The second-order valence-electron chi connectivity index (χ2n) is 10.3. The van der Waals surface area contributed by atoms with Crippen LogP contribution >= 0.6 is 11.3 Å². The Kier molecular flexibility index (Phi) is 7.54. The molecular formula is C26H34N6O4S. The number of rotatable bonds is 6. The second-order valence-corrected chi connectivity index (χ2v) is 11.3. The summed E-state index contributed by atoms with van der Waals surface area (Å²) in [6.07, 6.45) is 1.07. The lowest BCUT2D eigenvalue weighted by atomic mass is 10.2. The molecule has 0 aliphatic carbocycles. The molecule has 0 radical (unpaired) electrons. The summed E-state index contributed by atoms with van der Waals surface area (Å²) in [5, 5.41) is 3.62. The number of nitrogens with zero attached hydrogens (tertiary/aromatic N) is 5. The molecule has 3 aromatic rings. The summed E-state index contributed by atoms with van der Waals surface area (Å²) >= 11 is 1.29. The van der Waals surface area contributed by atoms with Gasteiger partial charge in [0.2, 0.25) is 5.91 Å². The van der Waals surface area contributed by atoms with Gasteiger partial charge in [-0.25, -0.2) is 14.8 Å². The molecular weight excluding hydrogens is 492 g/mol. The molecule has 0 bridgehead atoms. The molecule has 1 N–H and O–H groups in total. The molecule has 0 saturated carbocycles. The van der Waals surface area contributed by atoms with Crippen molar-refractivity contribution in [3.05, 3.63) is 52.1 Å². The van der Waals surface area contributed by atoms with Crippen molar-refractivity contribution in [3.8, 4) is 0 Å². The highest BCUT2D eigenvalue weighted by Crippen LogP contribution is 2.32. The highest BCUT2D eigenvalue weighted by atomic mass is 32.1. The average Bonchev–Trinajstić information content (AvgIpc) is 3.51. The van der Waals surface area contributed by atoms with Crippen LogP contribution in [0.15, 0.2) is 35.1 Å². The van der Waals surface area contributed by atoms with Crippen LogP contribution in [0, 0.1) is 0 Å². The Morgan fingerprint density at radius 1 is 1.24 bits per heavy atom. The van der Waals surface area contributed by atoms with E-state index >= 15 is 0 Å². The Balaban J connectivity index is 1.57. The van der Waals surface area contributed by atoms with Gasteiger partial charge in [-0.3, -0.25) is 14.2 Å². The fourth-order valence-corrected chi connectivity index (χ4v) is 5.31. The number of ether oxygens (including phenoxy) is 1. The Morgan fingerprint density at radius 3 is 2.62 bits per heavy atom. The van der Waals surface area contributed by atoms with E-state index in [0.29, 0.717) is 35.3 Å². The third-order valence-electron chi connectivity index (χ3n) is 6.41. The van der Waals surface area contributed by atoms with Crippen molar-refractivity contribution in [2.75, 3.05) is 18.5 Å². The topological polar surface area (TPSA) is 110 Å². The van der Waals surface area contributed by atoms with Crippen LogP contribution < -0.4 is 15.8 Å². The van der Waals surface area contributed by atoms with Crippen molar-refractivity contribution in [1.29, 1.82) is 0 Å². The fraction of sp³-hybridized carbons (Fsp3) is 0.500. The maximum Gasteiger partial charge on any atom is 0.410 e.